The van der Waals surface area contributed by atoms with Gasteiger partial charge in [-0.3, -0.25) is 4.98 Å². The monoisotopic (exact) mass is 258 g/mol. The minimum atomic E-state index is 0.517. The molecule has 2 heterocycles. The lowest BCUT2D eigenvalue weighted by molar-refractivity contribution is 0.489. The van der Waals surface area contributed by atoms with Gasteiger partial charge in [0.25, 0.3) is 5.89 Å². The average Bonchev–Trinajstić information content (AvgIpc) is 3.13. The van der Waals surface area contributed by atoms with Crippen LogP contribution >= 0.6 is 0 Å². The van der Waals surface area contributed by atoms with Crippen LogP contribution in [0, 0.1) is 6.92 Å². The van der Waals surface area contributed by atoms with E-state index in [1.807, 2.05) is 19.1 Å². The second-order valence-corrected chi connectivity index (χ2v) is 5.00. The third-order valence-electron chi connectivity index (χ3n) is 3.26. The van der Waals surface area contributed by atoms with Crippen LogP contribution in [-0.2, 0) is 6.42 Å². The topological polar surface area (TPSA) is 63.8 Å². The first-order valence-electron chi connectivity index (χ1n) is 6.80. The van der Waals surface area contributed by atoms with Gasteiger partial charge in [0.2, 0.25) is 5.89 Å². The van der Waals surface area contributed by atoms with Crippen molar-refractivity contribution in [2.24, 2.45) is 0 Å². The summed E-state index contributed by atoms with van der Waals surface area (Å²) in [5.41, 5.74) is 1.82. The summed E-state index contributed by atoms with van der Waals surface area (Å²) >= 11 is 0. The summed E-state index contributed by atoms with van der Waals surface area (Å²) in [5.74, 6) is 1.21. The van der Waals surface area contributed by atoms with Crippen LogP contribution in [0.2, 0.25) is 0 Å². The molecule has 1 fully saturated rings. The predicted octanol–water partition coefficient (Wildman–Crippen LogP) is 2.12. The molecular formula is C14H18N4O. The van der Waals surface area contributed by atoms with Crippen LogP contribution in [0.3, 0.4) is 0 Å². The van der Waals surface area contributed by atoms with Crippen molar-refractivity contribution in [3.8, 4) is 11.6 Å². The number of pyridine rings is 1. The van der Waals surface area contributed by atoms with E-state index in [0.717, 1.165) is 36.7 Å². The van der Waals surface area contributed by atoms with Crippen molar-refractivity contribution in [2.75, 3.05) is 6.54 Å². The number of hydrogen-bond donors (Lipinski definition) is 1. The molecule has 0 radical (unpaired) electrons. The fourth-order valence-electron chi connectivity index (χ4n) is 1.99. The molecule has 5 heteroatoms. The van der Waals surface area contributed by atoms with Gasteiger partial charge in [-0.05, 0) is 44.4 Å². The molecule has 1 aliphatic carbocycles. The summed E-state index contributed by atoms with van der Waals surface area (Å²) in [6.45, 7) is 3.01. The van der Waals surface area contributed by atoms with Gasteiger partial charge in [0, 0.05) is 18.7 Å². The Morgan fingerprint density at radius 2 is 2.26 bits per heavy atom. The maximum Gasteiger partial charge on any atom is 0.266 e. The molecule has 0 saturated heterocycles. The Kier molecular flexibility index (Phi) is 3.55. The van der Waals surface area contributed by atoms with Gasteiger partial charge in [0.05, 0.1) is 0 Å². The van der Waals surface area contributed by atoms with Crippen molar-refractivity contribution in [1.29, 1.82) is 0 Å². The molecule has 0 aromatic carbocycles. The van der Waals surface area contributed by atoms with E-state index in [4.69, 9.17) is 4.42 Å². The minimum Gasteiger partial charge on any atom is -0.419 e. The highest BCUT2D eigenvalue weighted by atomic mass is 16.4. The molecule has 19 heavy (non-hydrogen) atoms. The molecule has 1 aliphatic rings. The fourth-order valence-corrected chi connectivity index (χ4v) is 1.99. The molecule has 5 nitrogen and oxygen atoms in total. The average molecular weight is 258 g/mol. The zero-order valence-electron chi connectivity index (χ0n) is 11.1. The molecule has 0 aliphatic heterocycles. The molecule has 0 spiro atoms. The van der Waals surface area contributed by atoms with Gasteiger partial charge in [-0.15, -0.1) is 10.2 Å². The number of hydrogen-bond acceptors (Lipinski definition) is 5. The first-order chi connectivity index (χ1) is 9.33. The molecular weight excluding hydrogens is 240 g/mol. The van der Waals surface area contributed by atoms with Gasteiger partial charge in [0.1, 0.15) is 5.69 Å². The standard InChI is InChI=1S/C14H18N4O/c1-10-4-2-9-16-13(10)14-18-17-12(19-14)5-3-8-15-11-6-7-11/h2,4,9,11,15H,3,5-8H2,1H3. The lowest BCUT2D eigenvalue weighted by atomic mass is 10.2. The Labute approximate surface area is 112 Å². The lowest BCUT2D eigenvalue weighted by Crippen LogP contribution is -2.17. The molecule has 3 rings (SSSR count). The normalized spacial score (nSPS) is 14.8. The van der Waals surface area contributed by atoms with Crippen molar-refractivity contribution in [3.63, 3.8) is 0 Å². The number of aromatic nitrogens is 3. The van der Waals surface area contributed by atoms with Crippen molar-refractivity contribution in [3.05, 3.63) is 29.8 Å². The summed E-state index contributed by atoms with van der Waals surface area (Å²) in [6, 6.07) is 4.65. The molecule has 1 N–H and O–H groups in total. The first kappa shape index (κ1) is 12.3. The quantitative estimate of drug-likeness (QED) is 0.804. The van der Waals surface area contributed by atoms with Crippen molar-refractivity contribution >= 4 is 0 Å². The Morgan fingerprint density at radius 3 is 3.05 bits per heavy atom. The van der Waals surface area contributed by atoms with Gasteiger partial charge >= 0.3 is 0 Å². The summed E-state index contributed by atoms with van der Waals surface area (Å²) in [4.78, 5) is 4.28. The Morgan fingerprint density at radius 1 is 1.37 bits per heavy atom. The van der Waals surface area contributed by atoms with Crippen LogP contribution in [0.15, 0.2) is 22.7 Å². The van der Waals surface area contributed by atoms with E-state index in [2.05, 4.69) is 20.5 Å². The highest BCUT2D eigenvalue weighted by molar-refractivity contribution is 5.51. The van der Waals surface area contributed by atoms with E-state index in [9.17, 15) is 0 Å². The summed E-state index contributed by atoms with van der Waals surface area (Å²) < 4.78 is 5.66. The molecule has 2 aromatic rings. The number of aryl methyl sites for hydroxylation is 2. The maximum absolute atomic E-state index is 5.66. The second kappa shape index (κ2) is 5.48. The van der Waals surface area contributed by atoms with E-state index < -0.39 is 0 Å². The predicted molar refractivity (Wildman–Crippen MR) is 71.6 cm³/mol. The largest absolute Gasteiger partial charge is 0.419 e. The number of rotatable bonds is 6. The zero-order valence-corrected chi connectivity index (χ0v) is 11.1. The highest BCUT2D eigenvalue weighted by Gasteiger charge is 2.19. The summed E-state index contributed by atoms with van der Waals surface area (Å²) in [6.07, 6.45) is 6.23. The summed E-state index contributed by atoms with van der Waals surface area (Å²) in [7, 11) is 0. The van der Waals surface area contributed by atoms with E-state index in [0.29, 0.717) is 11.8 Å². The molecule has 100 valence electrons. The molecule has 0 atom stereocenters. The van der Waals surface area contributed by atoms with Crippen LogP contribution in [-0.4, -0.2) is 27.8 Å². The Bertz CT molecular complexity index is 548. The van der Waals surface area contributed by atoms with Gasteiger partial charge in [-0.2, -0.15) is 0 Å². The van der Waals surface area contributed by atoms with E-state index in [1.54, 1.807) is 6.20 Å². The highest BCUT2D eigenvalue weighted by Crippen LogP contribution is 2.20. The van der Waals surface area contributed by atoms with Gasteiger partial charge in [-0.25, -0.2) is 0 Å². The van der Waals surface area contributed by atoms with Gasteiger partial charge < -0.3 is 9.73 Å². The molecule has 0 unspecified atom stereocenters. The van der Waals surface area contributed by atoms with Gasteiger partial charge in [-0.1, -0.05) is 6.07 Å². The van der Waals surface area contributed by atoms with Crippen LogP contribution < -0.4 is 5.32 Å². The number of nitrogens with one attached hydrogen (secondary N) is 1. The minimum absolute atomic E-state index is 0.517. The Hall–Kier alpha value is -1.75. The van der Waals surface area contributed by atoms with E-state index in [1.165, 1.54) is 12.8 Å². The van der Waals surface area contributed by atoms with E-state index in [-0.39, 0.29) is 0 Å². The van der Waals surface area contributed by atoms with Crippen LogP contribution in [0.4, 0.5) is 0 Å². The Balaban J connectivity index is 1.57. The molecule has 0 bridgehead atoms. The molecule has 1 saturated carbocycles. The second-order valence-electron chi connectivity index (χ2n) is 5.00. The van der Waals surface area contributed by atoms with Crippen LogP contribution in [0.25, 0.3) is 11.6 Å². The third-order valence-corrected chi connectivity index (χ3v) is 3.26. The van der Waals surface area contributed by atoms with Gasteiger partial charge in [0.15, 0.2) is 0 Å². The van der Waals surface area contributed by atoms with Crippen molar-refractivity contribution < 1.29 is 4.42 Å². The summed E-state index contributed by atoms with van der Waals surface area (Å²) in [5, 5.41) is 11.6. The van der Waals surface area contributed by atoms with E-state index >= 15 is 0 Å². The SMILES string of the molecule is Cc1cccnc1-c1nnc(CCCNC2CC2)o1. The molecule has 2 aromatic heterocycles. The van der Waals surface area contributed by atoms with Crippen molar-refractivity contribution in [2.45, 2.75) is 38.6 Å². The first-order valence-corrected chi connectivity index (χ1v) is 6.80. The van der Waals surface area contributed by atoms with Crippen LogP contribution in [0.1, 0.15) is 30.7 Å². The zero-order chi connectivity index (χ0) is 13.1. The van der Waals surface area contributed by atoms with Crippen molar-refractivity contribution in [1.82, 2.24) is 20.5 Å². The molecule has 0 amide bonds. The smallest absolute Gasteiger partial charge is 0.266 e. The fraction of sp³-hybridized carbons (Fsp3) is 0.500. The maximum atomic E-state index is 5.66. The van der Waals surface area contributed by atoms with Crippen LogP contribution in [0.5, 0.6) is 0 Å². The lowest BCUT2D eigenvalue weighted by Gasteiger charge is -1.99. The third kappa shape index (κ3) is 3.17. The number of nitrogens with zero attached hydrogens (tertiary/aromatic N) is 3.